The Morgan fingerprint density at radius 1 is 0.938 bits per heavy atom. The van der Waals surface area contributed by atoms with Gasteiger partial charge in [-0.15, -0.1) is 0 Å². The maximum atomic E-state index is 12.8. The number of likely N-dealkylation sites (tertiary alicyclic amines) is 1. The van der Waals surface area contributed by atoms with E-state index in [2.05, 4.69) is 5.10 Å². The number of esters is 1. The van der Waals surface area contributed by atoms with Crippen LogP contribution in [-0.4, -0.2) is 46.8 Å². The predicted molar refractivity (Wildman–Crippen MR) is 120 cm³/mol. The third-order valence-corrected chi connectivity index (χ3v) is 5.82. The van der Waals surface area contributed by atoms with Gasteiger partial charge in [0.2, 0.25) is 0 Å². The number of benzene rings is 2. The van der Waals surface area contributed by atoms with Gasteiger partial charge in [0.1, 0.15) is 0 Å². The molecule has 1 aromatic heterocycles. The van der Waals surface area contributed by atoms with Crippen LogP contribution in [0.3, 0.4) is 0 Å². The molecule has 3 aromatic rings. The Hall–Kier alpha value is -3.74. The zero-order valence-corrected chi connectivity index (χ0v) is 17.9. The number of piperidine rings is 1. The number of hydrogen-bond donors (Lipinski definition) is 0. The van der Waals surface area contributed by atoms with Gasteiger partial charge in [-0.05, 0) is 49.1 Å². The molecule has 32 heavy (non-hydrogen) atoms. The van der Waals surface area contributed by atoms with Gasteiger partial charge in [0.15, 0.2) is 0 Å². The number of rotatable bonds is 5. The normalized spacial score (nSPS) is 14.2. The second-order valence-electron chi connectivity index (χ2n) is 7.91. The molecule has 2 heterocycles. The summed E-state index contributed by atoms with van der Waals surface area (Å²) in [6.07, 6.45) is 1.60. The number of aromatic nitrogens is 2. The van der Waals surface area contributed by atoms with E-state index in [1.807, 2.05) is 35.2 Å². The lowest BCUT2D eigenvalue weighted by Gasteiger charge is -2.32. The summed E-state index contributed by atoms with van der Waals surface area (Å²) in [6.45, 7) is 1.78. The smallest absolute Gasteiger partial charge is 0.337 e. The SMILES string of the molecule is COC(=O)c1ccc(C(=O)N2CCC(Cn3nc(-c4ccccc4)ccc3=O)CC2)cc1. The fraction of sp³-hybridized carbons (Fsp3) is 0.280. The highest BCUT2D eigenvalue weighted by molar-refractivity contribution is 5.96. The Kier molecular flexibility index (Phi) is 6.44. The Morgan fingerprint density at radius 3 is 2.25 bits per heavy atom. The summed E-state index contributed by atoms with van der Waals surface area (Å²) in [5.41, 5.74) is 2.59. The largest absolute Gasteiger partial charge is 0.465 e. The molecule has 164 valence electrons. The maximum absolute atomic E-state index is 12.8. The summed E-state index contributed by atoms with van der Waals surface area (Å²) in [7, 11) is 1.33. The standard InChI is InChI=1S/C25H25N3O4/c1-32-25(31)21-9-7-20(8-10-21)24(30)27-15-13-18(14-16-27)17-28-23(29)12-11-22(26-28)19-5-3-2-4-6-19/h2-12,18H,13-17H2,1H3. The van der Waals surface area contributed by atoms with Crippen LogP contribution >= 0.6 is 0 Å². The van der Waals surface area contributed by atoms with Crippen molar-refractivity contribution >= 4 is 11.9 Å². The molecule has 1 fully saturated rings. The molecule has 0 saturated carbocycles. The molecule has 0 aliphatic carbocycles. The molecule has 0 bridgehead atoms. The zero-order valence-electron chi connectivity index (χ0n) is 17.9. The summed E-state index contributed by atoms with van der Waals surface area (Å²) < 4.78 is 6.23. The number of carbonyl (C=O) groups excluding carboxylic acids is 2. The van der Waals surface area contributed by atoms with E-state index < -0.39 is 5.97 Å². The number of ether oxygens (including phenoxy) is 1. The van der Waals surface area contributed by atoms with Crippen molar-refractivity contribution in [3.63, 3.8) is 0 Å². The molecule has 7 heteroatoms. The summed E-state index contributed by atoms with van der Waals surface area (Å²) in [6, 6.07) is 19.6. The molecular weight excluding hydrogens is 406 g/mol. The van der Waals surface area contributed by atoms with Crippen LogP contribution in [0.1, 0.15) is 33.6 Å². The average Bonchev–Trinajstić information content (AvgIpc) is 2.85. The highest BCUT2D eigenvalue weighted by Gasteiger charge is 2.24. The minimum Gasteiger partial charge on any atom is -0.465 e. The van der Waals surface area contributed by atoms with Crippen LogP contribution in [0.25, 0.3) is 11.3 Å². The quantitative estimate of drug-likeness (QED) is 0.580. The molecule has 0 N–H and O–H groups in total. The molecule has 0 unspecified atom stereocenters. The molecule has 1 aliphatic heterocycles. The first kappa shape index (κ1) is 21.5. The topological polar surface area (TPSA) is 81.5 Å². The molecule has 7 nitrogen and oxygen atoms in total. The van der Waals surface area contributed by atoms with Gasteiger partial charge < -0.3 is 9.64 Å². The van der Waals surface area contributed by atoms with Crippen molar-refractivity contribution < 1.29 is 14.3 Å². The van der Waals surface area contributed by atoms with E-state index in [1.54, 1.807) is 36.4 Å². The van der Waals surface area contributed by atoms with Crippen LogP contribution in [0.4, 0.5) is 0 Å². The molecule has 0 spiro atoms. The van der Waals surface area contributed by atoms with E-state index in [0.29, 0.717) is 30.8 Å². The second kappa shape index (κ2) is 9.60. The third-order valence-electron chi connectivity index (χ3n) is 5.82. The first-order chi connectivity index (χ1) is 15.5. The molecule has 0 atom stereocenters. The first-order valence-corrected chi connectivity index (χ1v) is 10.7. The Balaban J connectivity index is 1.37. The minimum absolute atomic E-state index is 0.0544. The Labute approximate surface area is 186 Å². The fourth-order valence-electron chi connectivity index (χ4n) is 3.96. The van der Waals surface area contributed by atoms with Crippen molar-refractivity contribution in [1.82, 2.24) is 14.7 Å². The molecule has 0 radical (unpaired) electrons. The molecule has 1 saturated heterocycles. The van der Waals surface area contributed by atoms with Crippen molar-refractivity contribution in [3.05, 3.63) is 88.2 Å². The molecule has 1 aliphatic rings. The van der Waals surface area contributed by atoms with Crippen molar-refractivity contribution in [2.75, 3.05) is 20.2 Å². The second-order valence-corrected chi connectivity index (χ2v) is 7.91. The van der Waals surface area contributed by atoms with Gasteiger partial charge in [-0.3, -0.25) is 9.59 Å². The van der Waals surface area contributed by atoms with E-state index in [-0.39, 0.29) is 17.4 Å². The van der Waals surface area contributed by atoms with Gasteiger partial charge in [-0.2, -0.15) is 5.10 Å². The van der Waals surface area contributed by atoms with Gasteiger partial charge >= 0.3 is 5.97 Å². The van der Waals surface area contributed by atoms with Crippen molar-refractivity contribution in [3.8, 4) is 11.3 Å². The van der Waals surface area contributed by atoms with Crippen LogP contribution in [0, 0.1) is 5.92 Å². The number of hydrogen-bond acceptors (Lipinski definition) is 5. The zero-order chi connectivity index (χ0) is 22.5. The Morgan fingerprint density at radius 2 is 1.59 bits per heavy atom. The van der Waals surface area contributed by atoms with Crippen LogP contribution < -0.4 is 5.56 Å². The van der Waals surface area contributed by atoms with Gasteiger partial charge in [0.25, 0.3) is 11.5 Å². The van der Waals surface area contributed by atoms with Gasteiger partial charge in [-0.1, -0.05) is 30.3 Å². The van der Waals surface area contributed by atoms with Crippen LogP contribution in [0.15, 0.2) is 71.5 Å². The lowest BCUT2D eigenvalue weighted by molar-refractivity contribution is 0.0598. The fourth-order valence-corrected chi connectivity index (χ4v) is 3.96. The molecular formula is C25H25N3O4. The summed E-state index contributed by atoms with van der Waals surface area (Å²) in [5.74, 6) is -0.205. The van der Waals surface area contributed by atoms with Crippen molar-refractivity contribution in [1.29, 1.82) is 0 Å². The predicted octanol–water partition coefficient (Wildman–Crippen LogP) is 3.25. The van der Waals surface area contributed by atoms with Crippen LogP contribution in [0.2, 0.25) is 0 Å². The number of carbonyl (C=O) groups is 2. The summed E-state index contributed by atoms with van der Waals surface area (Å²) in [5, 5.41) is 4.55. The third kappa shape index (κ3) is 4.77. The van der Waals surface area contributed by atoms with Crippen LogP contribution in [0.5, 0.6) is 0 Å². The monoisotopic (exact) mass is 431 g/mol. The van der Waals surface area contributed by atoms with Crippen LogP contribution in [-0.2, 0) is 11.3 Å². The molecule has 2 aromatic carbocycles. The minimum atomic E-state index is -0.426. The lowest BCUT2D eigenvalue weighted by atomic mass is 9.96. The van der Waals surface area contributed by atoms with E-state index >= 15 is 0 Å². The number of amides is 1. The van der Waals surface area contributed by atoms with E-state index in [0.717, 1.165) is 24.1 Å². The van der Waals surface area contributed by atoms with Gasteiger partial charge in [0.05, 0.1) is 18.4 Å². The molecule has 4 rings (SSSR count). The lowest BCUT2D eigenvalue weighted by Crippen LogP contribution is -2.40. The number of nitrogens with zero attached hydrogens (tertiary/aromatic N) is 3. The van der Waals surface area contributed by atoms with E-state index in [9.17, 15) is 14.4 Å². The van der Waals surface area contributed by atoms with E-state index in [1.165, 1.54) is 11.8 Å². The summed E-state index contributed by atoms with van der Waals surface area (Å²) >= 11 is 0. The average molecular weight is 431 g/mol. The first-order valence-electron chi connectivity index (χ1n) is 10.7. The van der Waals surface area contributed by atoms with Gasteiger partial charge in [0, 0.05) is 36.8 Å². The molecule has 1 amide bonds. The highest BCUT2D eigenvalue weighted by Crippen LogP contribution is 2.21. The van der Waals surface area contributed by atoms with Crippen molar-refractivity contribution in [2.45, 2.75) is 19.4 Å². The van der Waals surface area contributed by atoms with Crippen molar-refractivity contribution in [2.24, 2.45) is 5.92 Å². The summed E-state index contributed by atoms with van der Waals surface area (Å²) in [4.78, 5) is 38.5. The van der Waals surface area contributed by atoms with E-state index in [4.69, 9.17) is 4.74 Å². The van der Waals surface area contributed by atoms with Gasteiger partial charge in [-0.25, -0.2) is 9.48 Å². The highest BCUT2D eigenvalue weighted by atomic mass is 16.5. The Bertz CT molecular complexity index is 1150. The number of methoxy groups -OCH3 is 1. The maximum Gasteiger partial charge on any atom is 0.337 e.